The van der Waals surface area contributed by atoms with Crippen molar-refractivity contribution in [1.82, 2.24) is 14.7 Å². The molecule has 1 unspecified atom stereocenters. The summed E-state index contributed by atoms with van der Waals surface area (Å²) >= 11 is 0. The van der Waals surface area contributed by atoms with Gasteiger partial charge in [0.1, 0.15) is 6.33 Å². The number of aromatic nitrogens is 2. The van der Waals surface area contributed by atoms with E-state index >= 15 is 0 Å². The first-order chi connectivity index (χ1) is 12.1. The van der Waals surface area contributed by atoms with Gasteiger partial charge in [-0.05, 0) is 39.5 Å². The van der Waals surface area contributed by atoms with Crippen molar-refractivity contribution in [3.63, 3.8) is 0 Å². The lowest BCUT2D eigenvalue weighted by Crippen LogP contribution is -2.48. The van der Waals surface area contributed by atoms with Gasteiger partial charge < -0.3 is 15.0 Å². The Hall–Kier alpha value is -1.98. The molecule has 1 aromatic heterocycles. The number of hydrogen-bond donors (Lipinski definition) is 3. The number of nitrogens with one attached hydrogen (secondary N) is 2. The van der Waals surface area contributed by atoms with Crippen LogP contribution in [0.5, 0.6) is 5.75 Å². The van der Waals surface area contributed by atoms with Gasteiger partial charge in [0.25, 0.3) is 16.1 Å². The van der Waals surface area contributed by atoms with Crippen LogP contribution in [0.1, 0.15) is 33.6 Å². The fourth-order valence-electron chi connectivity index (χ4n) is 3.30. The summed E-state index contributed by atoms with van der Waals surface area (Å²) in [6, 6.07) is -0.235. The zero-order valence-corrected chi connectivity index (χ0v) is 15.8. The van der Waals surface area contributed by atoms with Gasteiger partial charge in [0.15, 0.2) is 17.2 Å². The van der Waals surface area contributed by atoms with Crippen molar-refractivity contribution < 1.29 is 17.9 Å². The highest BCUT2D eigenvalue weighted by molar-refractivity contribution is 7.87. The van der Waals surface area contributed by atoms with Gasteiger partial charge in [0.2, 0.25) is 5.75 Å². The number of ether oxygens (including phenoxy) is 1. The maximum absolute atomic E-state index is 12.0. The molecule has 0 saturated carbocycles. The maximum atomic E-state index is 12.0. The van der Waals surface area contributed by atoms with E-state index in [4.69, 9.17) is 9.88 Å². The molecule has 0 aromatic carbocycles. The van der Waals surface area contributed by atoms with Gasteiger partial charge in [-0.3, -0.25) is 4.79 Å². The topological polar surface area (TPSA) is 140 Å². The van der Waals surface area contributed by atoms with Gasteiger partial charge in [-0.15, -0.1) is 0 Å². The molecule has 1 aromatic rings. The number of hydrogen-bond acceptors (Lipinski definition) is 7. The molecule has 1 saturated heterocycles. The van der Waals surface area contributed by atoms with Crippen molar-refractivity contribution >= 4 is 27.8 Å². The van der Waals surface area contributed by atoms with Crippen LogP contribution in [0.3, 0.4) is 0 Å². The van der Waals surface area contributed by atoms with Crippen molar-refractivity contribution in [2.24, 2.45) is 11.1 Å². The van der Waals surface area contributed by atoms with E-state index in [1.165, 1.54) is 6.33 Å². The Labute approximate surface area is 152 Å². The number of carbonyl (C=O) groups excluding carboxylic acids is 1. The first-order valence-corrected chi connectivity index (χ1v) is 10.0. The molecule has 3 rings (SSSR count). The summed E-state index contributed by atoms with van der Waals surface area (Å²) in [6.07, 6.45) is 2.95. The molecule has 2 aliphatic heterocycles. The fourth-order valence-corrected chi connectivity index (χ4v) is 4.01. The third kappa shape index (κ3) is 3.89. The third-order valence-electron chi connectivity index (χ3n) is 4.82. The highest BCUT2D eigenvalue weighted by Crippen LogP contribution is 2.39. The number of piperidine rings is 1. The first kappa shape index (κ1) is 18.8. The quantitative estimate of drug-likeness (QED) is 0.663. The minimum Gasteiger partial charge on any atom is -0.470 e. The van der Waals surface area contributed by atoms with Crippen LogP contribution in [0.15, 0.2) is 6.33 Å². The van der Waals surface area contributed by atoms with Crippen LogP contribution in [0.25, 0.3) is 0 Å². The first-order valence-electron chi connectivity index (χ1n) is 8.47. The van der Waals surface area contributed by atoms with Crippen LogP contribution < -0.4 is 24.8 Å². The summed E-state index contributed by atoms with van der Waals surface area (Å²) in [5.41, 5.74) is -1.00. The maximum Gasteiger partial charge on any atom is 0.274 e. The Kier molecular flexibility index (Phi) is 4.80. The molecule has 1 fully saturated rings. The van der Waals surface area contributed by atoms with Crippen LogP contribution in [0.2, 0.25) is 0 Å². The highest BCUT2D eigenvalue weighted by atomic mass is 32.2. The number of rotatable bonds is 4. The largest absolute Gasteiger partial charge is 0.470 e. The van der Waals surface area contributed by atoms with Crippen LogP contribution in [0.4, 0.5) is 11.6 Å². The Morgan fingerprint density at radius 2 is 2.04 bits per heavy atom. The lowest BCUT2D eigenvalue weighted by atomic mass is 9.91. The van der Waals surface area contributed by atoms with E-state index in [9.17, 15) is 13.2 Å². The van der Waals surface area contributed by atoms with Crippen LogP contribution in [-0.4, -0.2) is 49.0 Å². The molecular formula is C15H24N6O4S. The molecule has 0 bridgehead atoms. The second-order valence-electron chi connectivity index (χ2n) is 7.22. The van der Waals surface area contributed by atoms with Gasteiger partial charge in [-0.25, -0.2) is 15.1 Å². The van der Waals surface area contributed by atoms with Crippen LogP contribution in [0, 0.1) is 5.92 Å². The number of fused-ring (bicyclic) bond motifs is 1. The fraction of sp³-hybridized carbons (Fsp3) is 0.667. The monoisotopic (exact) mass is 384 g/mol. The lowest BCUT2D eigenvalue weighted by Gasteiger charge is -2.38. The molecule has 2 aliphatic rings. The van der Waals surface area contributed by atoms with Crippen molar-refractivity contribution in [3.8, 4) is 5.75 Å². The molecule has 10 nitrogen and oxygen atoms in total. The Balaban J connectivity index is 1.73. The lowest BCUT2D eigenvalue weighted by molar-refractivity contribution is -0.129. The zero-order valence-electron chi connectivity index (χ0n) is 15.0. The Bertz CT molecular complexity index is 804. The molecule has 26 heavy (non-hydrogen) atoms. The number of nitrogens with two attached hydrogens (primary N) is 1. The van der Waals surface area contributed by atoms with E-state index in [0.717, 1.165) is 12.8 Å². The second-order valence-corrected chi connectivity index (χ2v) is 8.54. The standard InChI is InChI=1S/C15H24N6O4S/c1-9(20-26(16,23)24)10-4-6-21(7-5-10)13-11-12(17-8-18-13)19-14(22)15(2,3)25-11/h8-10,20H,4-7H2,1-3H3,(H2,16,23,24)(H,17,18,19,22). The number of amides is 1. The van der Waals surface area contributed by atoms with Crippen LogP contribution in [-0.2, 0) is 15.0 Å². The van der Waals surface area contributed by atoms with Crippen molar-refractivity contribution in [3.05, 3.63) is 6.33 Å². The molecule has 0 radical (unpaired) electrons. The second kappa shape index (κ2) is 6.63. The van der Waals surface area contributed by atoms with E-state index in [0.29, 0.717) is 30.5 Å². The summed E-state index contributed by atoms with van der Waals surface area (Å²) in [7, 11) is -3.71. The number of carbonyl (C=O) groups is 1. The Morgan fingerprint density at radius 1 is 1.38 bits per heavy atom. The van der Waals surface area contributed by atoms with Gasteiger partial charge in [0.05, 0.1) is 0 Å². The molecule has 11 heteroatoms. The van der Waals surface area contributed by atoms with E-state index < -0.39 is 15.8 Å². The third-order valence-corrected chi connectivity index (χ3v) is 5.52. The summed E-state index contributed by atoms with van der Waals surface area (Å²) in [4.78, 5) is 22.5. The van der Waals surface area contributed by atoms with E-state index in [2.05, 4.69) is 24.9 Å². The average Bonchev–Trinajstić information content (AvgIpc) is 2.54. The van der Waals surface area contributed by atoms with Crippen molar-refractivity contribution in [2.45, 2.75) is 45.3 Å². The molecule has 4 N–H and O–H groups in total. The van der Waals surface area contributed by atoms with Gasteiger partial charge in [-0.2, -0.15) is 13.1 Å². The average molecular weight is 384 g/mol. The minimum atomic E-state index is -3.71. The number of nitrogens with zero attached hydrogens (tertiary/aromatic N) is 3. The molecule has 144 valence electrons. The minimum absolute atomic E-state index is 0.180. The normalized spacial score (nSPS) is 21.5. The predicted octanol–water partition coefficient (Wildman–Crippen LogP) is -0.0159. The SMILES string of the molecule is CC(NS(N)(=O)=O)C1CCN(c2ncnc3c2OC(C)(C)C(=O)N3)CC1. The number of anilines is 2. The van der Waals surface area contributed by atoms with Gasteiger partial charge >= 0.3 is 0 Å². The van der Waals surface area contributed by atoms with E-state index in [1.54, 1.807) is 13.8 Å². The molecule has 3 heterocycles. The van der Waals surface area contributed by atoms with Crippen molar-refractivity contribution in [1.29, 1.82) is 0 Å². The summed E-state index contributed by atoms with van der Waals surface area (Å²) in [6.45, 7) is 6.56. The van der Waals surface area contributed by atoms with Gasteiger partial charge in [-0.1, -0.05) is 0 Å². The predicted molar refractivity (Wildman–Crippen MR) is 96.0 cm³/mol. The van der Waals surface area contributed by atoms with E-state index in [-0.39, 0.29) is 17.9 Å². The summed E-state index contributed by atoms with van der Waals surface area (Å²) < 4.78 is 30.7. The summed E-state index contributed by atoms with van der Waals surface area (Å²) in [5, 5.41) is 7.81. The summed E-state index contributed by atoms with van der Waals surface area (Å²) in [5.74, 6) is 1.39. The molecular weight excluding hydrogens is 360 g/mol. The van der Waals surface area contributed by atoms with Crippen LogP contribution >= 0.6 is 0 Å². The zero-order chi connectivity index (χ0) is 19.1. The molecule has 0 spiro atoms. The molecule has 0 aliphatic carbocycles. The van der Waals surface area contributed by atoms with Gasteiger partial charge in [0, 0.05) is 19.1 Å². The Morgan fingerprint density at radius 3 is 2.65 bits per heavy atom. The smallest absolute Gasteiger partial charge is 0.274 e. The highest BCUT2D eigenvalue weighted by Gasteiger charge is 2.39. The molecule has 1 amide bonds. The molecule has 1 atom stereocenters. The van der Waals surface area contributed by atoms with Crippen molar-refractivity contribution in [2.75, 3.05) is 23.3 Å². The van der Waals surface area contributed by atoms with E-state index in [1.807, 2.05) is 6.92 Å².